The molecule has 2 heterocycles. The number of nitrogens with zero attached hydrogens (tertiary/aromatic N) is 2. The highest BCUT2D eigenvalue weighted by Crippen LogP contribution is 2.32. The molecule has 4 aromatic rings. The van der Waals surface area contributed by atoms with Crippen LogP contribution in [0.1, 0.15) is 23.0 Å². The van der Waals surface area contributed by atoms with Crippen LogP contribution in [0.5, 0.6) is 0 Å². The minimum absolute atomic E-state index is 0.317. The number of benzene rings is 2. The van der Waals surface area contributed by atoms with Crippen LogP contribution >= 0.6 is 11.6 Å². The van der Waals surface area contributed by atoms with Crippen LogP contribution in [-0.2, 0) is 11.3 Å². The smallest absolute Gasteiger partial charge is 0.357 e. The molecule has 0 aliphatic carbocycles. The molecule has 0 N–H and O–H groups in total. The Bertz CT molecular complexity index is 1100. The van der Waals surface area contributed by atoms with Crippen molar-refractivity contribution in [2.75, 3.05) is 6.61 Å². The van der Waals surface area contributed by atoms with Crippen molar-refractivity contribution >= 4 is 28.5 Å². The minimum atomic E-state index is -0.343. The molecule has 0 fully saturated rings. The highest BCUT2D eigenvalue weighted by molar-refractivity contribution is 6.31. The van der Waals surface area contributed by atoms with E-state index in [1.807, 2.05) is 89.1 Å². The van der Waals surface area contributed by atoms with Crippen LogP contribution in [-0.4, -0.2) is 21.7 Å². The maximum Gasteiger partial charge on any atom is 0.357 e. The second-order valence-electron chi connectivity index (χ2n) is 6.20. The average molecular weight is 379 g/mol. The fraction of sp³-hybridized carbons (Fsp3) is 0.136. The molecule has 27 heavy (non-hydrogen) atoms. The van der Waals surface area contributed by atoms with E-state index < -0.39 is 0 Å². The summed E-state index contributed by atoms with van der Waals surface area (Å²) in [5.41, 5.74) is 3.25. The van der Waals surface area contributed by atoms with E-state index in [1.54, 1.807) is 0 Å². The standard InChI is InChI=1S/C22H19ClN2O2/c1-2-27-22(26)21-20(24-13-7-8-14-24)17-10-4-6-12-19(17)25(21)15-16-9-3-5-11-18(16)23/h3-14H,2,15H2,1H3. The van der Waals surface area contributed by atoms with Crippen molar-refractivity contribution in [3.8, 4) is 5.69 Å². The van der Waals surface area contributed by atoms with Gasteiger partial charge in [0.25, 0.3) is 0 Å². The van der Waals surface area contributed by atoms with E-state index in [4.69, 9.17) is 16.3 Å². The highest BCUT2D eigenvalue weighted by Gasteiger charge is 2.25. The zero-order valence-corrected chi connectivity index (χ0v) is 15.7. The molecule has 4 nitrogen and oxygen atoms in total. The molecule has 0 unspecified atom stereocenters. The first-order valence-corrected chi connectivity index (χ1v) is 9.23. The summed E-state index contributed by atoms with van der Waals surface area (Å²) < 4.78 is 9.34. The van der Waals surface area contributed by atoms with E-state index in [1.165, 1.54) is 0 Å². The van der Waals surface area contributed by atoms with Gasteiger partial charge in [-0.15, -0.1) is 0 Å². The monoisotopic (exact) mass is 378 g/mol. The largest absolute Gasteiger partial charge is 0.461 e. The lowest BCUT2D eigenvalue weighted by Gasteiger charge is -2.13. The third kappa shape index (κ3) is 3.13. The first kappa shape index (κ1) is 17.4. The summed E-state index contributed by atoms with van der Waals surface area (Å²) in [6.45, 7) is 2.61. The minimum Gasteiger partial charge on any atom is -0.461 e. The number of halogens is 1. The highest BCUT2D eigenvalue weighted by atomic mass is 35.5. The predicted octanol–water partition coefficient (Wildman–Crippen LogP) is 5.31. The number of hydrogen-bond acceptors (Lipinski definition) is 2. The first-order chi connectivity index (χ1) is 13.2. The third-order valence-corrected chi connectivity index (χ3v) is 4.93. The Hall–Kier alpha value is -2.98. The Morgan fingerprint density at radius 3 is 2.44 bits per heavy atom. The normalized spacial score (nSPS) is 11.0. The zero-order chi connectivity index (χ0) is 18.8. The van der Waals surface area contributed by atoms with Crippen LogP contribution in [0.2, 0.25) is 5.02 Å². The molecule has 0 radical (unpaired) electrons. The molecule has 4 rings (SSSR count). The molecule has 0 aliphatic rings. The van der Waals surface area contributed by atoms with Crippen molar-refractivity contribution in [1.29, 1.82) is 0 Å². The van der Waals surface area contributed by atoms with E-state index in [9.17, 15) is 4.79 Å². The number of fused-ring (bicyclic) bond motifs is 1. The Morgan fingerprint density at radius 1 is 1.00 bits per heavy atom. The molecule has 136 valence electrons. The lowest BCUT2D eigenvalue weighted by atomic mass is 10.2. The quantitative estimate of drug-likeness (QED) is 0.441. The number of hydrogen-bond donors (Lipinski definition) is 0. The number of carbonyl (C=O) groups is 1. The van der Waals surface area contributed by atoms with Gasteiger partial charge in [-0.25, -0.2) is 4.79 Å². The summed E-state index contributed by atoms with van der Waals surface area (Å²) in [6.07, 6.45) is 3.87. The van der Waals surface area contributed by atoms with Gasteiger partial charge in [-0.1, -0.05) is 48.0 Å². The summed E-state index contributed by atoms with van der Waals surface area (Å²) >= 11 is 6.39. The maximum atomic E-state index is 12.9. The molecule has 0 saturated carbocycles. The van der Waals surface area contributed by atoms with Crippen molar-refractivity contribution in [2.24, 2.45) is 0 Å². The zero-order valence-electron chi connectivity index (χ0n) is 14.9. The fourth-order valence-electron chi connectivity index (χ4n) is 3.40. The lowest BCUT2D eigenvalue weighted by molar-refractivity contribution is 0.0515. The van der Waals surface area contributed by atoms with Gasteiger partial charge in [0.15, 0.2) is 5.69 Å². The van der Waals surface area contributed by atoms with Crippen LogP contribution in [0.15, 0.2) is 73.1 Å². The van der Waals surface area contributed by atoms with Crippen LogP contribution < -0.4 is 0 Å². The van der Waals surface area contributed by atoms with E-state index in [0.717, 1.165) is 22.2 Å². The molecule has 0 aliphatic heterocycles. The lowest BCUT2D eigenvalue weighted by Crippen LogP contribution is -2.15. The van der Waals surface area contributed by atoms with Gasteiger partial charge in [0, 0.05) is 29.3 Å². The molecule has 2 aromatic heterocycles. The van der Waals surface area contributed by atoms with Gasteiger partial charge in [-0.2, -0.15) is 0 Å². The van der Waals surface area contributed by atoms with Crippen molar-refractivity contribution < 1.29 is 9.53 Å². The van der Waals surface area contributed by atoms with Crippen molar-refractivity contribution in [2.45, 2.75) is 13.5 Å². The van der Waals surface area contributed by atoms with Crippen molar-refractivity contribution in [3.05, 3.63) is 89.3 Å². The second-order valence-corrected chi connectivity index (χ2v) is 6.61. The number of aromatic nitrogens is 2. The van der Waals surface area contributed by atoms with Gasteiger partial charge in [0.1, 0.15) is 0 Å². The van der Waals surface area contributed by atoms with E-state index in [0.29, 0.717) is 23.9 Å². The number of ether oxygens (including phenoxy) is 1. The topological polar surface area (TPSA) is 36.2 Å². The summed E-state index contributed by atoms with van der Waals surface area (Å²) in [7, 11) is 0. The third-order valence-electron chi connectivity index (χ3n) is 4.56. The van der Waals surface area contributed by atoms with Gasteiger partial charge in [0.05, 0.1) is 17.8 Å². The molecule has 0 atom stereocenters. The molecule has 0 bridgehead atoms. The number of rotatable bonds is 5. The summed E-state index contributed by atoms with van der Waals surface area (Å²) in [6, 6.07) is 19.5. The Labute approximate surface area is 162 Å². The number of para-hydroxylation sites is 1. The Balaban J connectivity index is 2.00. The van der Waals surface area contributed by atoms with Crippen molar-refractivity contribution in [3.63, 3.8) is 0 Å². The summed E-state index contributed by atoms with van der Waals surface area (Å²) in [5, 5.41) is 1.66. The van der Waals surface area contributed by atoms with Gasteiger partial charge < -0.3 is 13.9 Å². The van der Waals surface area contributed by atoms with Crippen LogP contribution in [0.25, 0.3) is 16.6 Å². The van der Waals surface area contributed by atoms with Gasteiger partial charge in [-0.3, -0.25) is 0 Å². The second kappa shape index (κ2) is 7.33. The first-order valence-electron chi connectivity index (χ1n) is 8.85. The molecule has 0 amide bonds. The van der Waals surface area contributed by atoms with Gasteiger partial charge in [-0.05, 0) is 36.8 Å². The van der Waals surface area contributed by atoms with Gasteiger partial charge >= 0.3 is 5.97 Å². The molecule has 5 heteroatoms. The molecule has 0 spiro atoms. The number of carbonyl (C=O) groups excluding carboxylic acids is 1. The van der Waals surface area contributed by atoms with E-state index in [2.05, 4.69) is 0 Å². The molecule has 2 aromatic carbocycles. The predicted molar refractivity (Wildman–Crippen MR) is 108 cm³/mol. The average Bonchev–Trinajstić information content (AvgIpc) is 3.30. The van der Waals surface area contributed by atoms with Gasteiger partial charge in [0.2, 0.25) is 0 Å². The van der Waals surface area contributed by atoms with Crippen LogP contribution in [0.3, 0.4) is 0 Å². The van der Waals surface area contributed by atoms with E-state index >= 15 is 0 Å². The van der Waals surface area contributed by atoms with Crippen molar-refractivity contribution in [1.82, 2.24) is 9.13 Å². The molecule has 0 saturated heterocycles. The maximum absolute atomic E-state index is 12.9. The van der Waals surface area contributed by atoms with Crippen LogP contribution in [0, 0.1) is 0 Å². The SMILES string of the molecule is CCOC(=O)c1c(-n2cccc2)c2ccccc2n1Cc1ccccc1Cl. The fourth-order valence-corrected chi connectivity index (χ4v) is 3.59. The summed E-state index contributed by atoms with van der Waals surface area (Å²) in [5.74, 6) is -0.343. The van der Waals surface area contributed by atoms with E-state index in [-0.39, 0.29) is 5.97 Å². The Morgan fingerprint density at radius 2 is 1.70 bits per heavy atom. The molecular weight excluding hydrogens is 360 g/mol. The number of esters is 1. The van der Waals surface area contributed by atoms with Crippen LogP contribution in [0.4, 0.5) is 0 Å². The molecular formula is C22H19ClN2O2. The Kier molecular flexibility index (Phi) is 4.73. The summed E-state index contributed by atoms with van der Waals surface area (Å²) in [4.78, 5) is 12.9.